The number of para-hydroxylation sites is 1. The zero-order valence-electron chi connectivity index (χ0n) is 12.8. The minimum absolute atomic E-state index is 0.764. The first-order valence-electron chi connectivity index (χ1n) is 7.85. The molecular weight excluding hydrogens is 258 g/mol. The first kappa shape index (κ1) is 15.6. The molecule has 0 spiro atoms. The number of nitrogens with one attached hydrogen (secondary N) is 1. The molecule has 0 saturated heterocycles. The van der Waals surface area contributed by atoms with E-state index in [2.05, 4.69) is 60.8 Å². The number of rotatable bonds is 9. The maximum absolute atomic E-state index is 5.95. The molecule has 0 atom stereocenters. The van der Waals surface area contributed by atoms with Gasteiger partial charge >= 0.3 is 0 Å². The second-order valence-electron chi connectivity index (χ2n) is 5.22. The molecule has 0 unspecified atom stereocenters. The third-order valence-corrected chi connectivity index (χ3v) is 3.43. The molecule has 2 rings (SSSR count). The summed E-state index contributed by atoms with van der Waals surface area (Å²) in [5.74, 6) is 1.01. The van der Waals surface area contributed by atoms with Crippen LogP contribution in [0.15, 0.2) is 54.6 Å². The summed E-state index contributed by atoms with van der Waals surface area (Å²) in [5.41, 5.74) is 2.62. The highest BCUT2D eigenvalue weighted by molar-refractivity contribution is 5.33. The van der Waals surface area contributed by atoms with Crippen molar-refractivity contribution in [3.8, 4) is 5.75 Å². The van der Waals surface area contributed by atoms with Gasteiger partial charge in [-0.2, -0.15) is 0 Å². The third-order valence-electron chi connectivity index (χ3n) is 3.43. The summed E-state index contributed by atoms with van der Waals surface area (Å²) in [6.45, 7) is 4.86. The van der Waals surface area contributed by atoms with Crippen molar-refractivity contribution in [2.45, 2.75) is 32.7 Å². The maximum Gasteiger partial charge on any atom is 0.123 e. The lowest BCUT2D eigenvalue weighted by atomic mass is 10.1. The zero-order valence-corrected chi connectivity index (χ0v) is 12.8. The summed E-state index contributed by atoms with van der Waals surface area (Å²) in [4.78, 5) is 0. The maximum atomic E-state index is 5.95. The predicted molar refractivity (Wildman–Crippen MR) is 88.7 cm³/mol. The zero-order chi connectivity index (χ0) is 14.8. The monoisotopic (exact) mass is 283 g/mol. The van der Waals surface area contributed by atoms with Crippen molar-refractivity contribution >= 4 is 0 Å². The van der Waals surface area contributed by atoms with Gasteiger partial charge in [-0.15, -0.1) is 0 Å². The molecule has 0 saturated carbocycles. The van der Waals surface area contributed by atoms with E-state index in [4.69, 9.17) is 4.74 Å². The molecule has 0 aliphatic carbocycles. The van der Waals surface area contributed by atoms with E-state index in [1.54, 1.807) is 0 Å². The Balaban J connectivity index is 1.77. The first-order valence-corrected chi connectivity index (χ1v) is 7.85. The van der Waals surface area contributed by atoms with Gasteiger partial charge in [0, 0.05) is 12.1 Å². The summed E-state index contributed by atoms with van der Waals surface area (Å²) >= 11 is 0. The number of aryl methyl sites for hydroxylation is 1. The van der Waals surface area contributed by atoms with Crippen LogP contribution >= 0.6 is 0 Å². The van der Waals surface area contributed by atoms with Crippen LogP contribution in [-0.4, -0.2) is 13.2 Å². The van der Waals surface area contributed by atoms with Gasteiger partial charge in [0.1, 0.15) is 5.75 Å². The summed E-state index contributed by atoms with van der Waals surface area (Å²) < 4.78 is 5.95. The molecule has 0 radical (unpaired) electrons. The Morgan fingerprint density at radius 3 is 2.52 bits per heavy atom. The Hall–Kier alpha value is -1.80. The standard InChI is InChI=1S/C19H25NO/c1-2-14-20-16-18-12-6-7-13-19(18)21-15-8-11-17-9-4-3-5-10-17/h3-7,9-10,12-13,20H,2,8,11,14-16H2,1H3. The fourth-order valence-electron chi connectivity index (χ4n) is 2.29. The number of benzene rings is 2. The molecule has 0 heterocycles. The smallest absolute Gasteiger partial charge is 0.123 e. The van der Waals surface area contributed by atoms with E-state index < -0.39 is 0 Å². The van der Waals surface area contributed by atoms with E-state index in [1.807, 2.05) is 6.07 Å². The molecule has 0 fully saturated rings. The van der Waals surface area contributed by atoms with Crippen LogP contribution in [0.3, 0.4) is 0 Å². The van der Waals surface area contributed by atoms with Gasteiger partial charge in [0.05, 0.1) is 6.61 Å². The van der Waals surface area contributed by atoms with Crippen molar-refractivity contribution < 1.29 is 4.74 Å². The molecule has 2 nitrogen and oxygen atoms in total. The Bertz CT molecular complexity index is 510. The normalized spacial score (nSPS) is 10.5. The van der Waals surface area contributed by atoms with E-state index in [0.29, 0.717) is 0 Å². The topological polar surface area (TPSA) is 21.3 Å². The Labute approximate surface area is 128 Å². The van der Waals surface area contributed by atoms with E-state index in [9.17, 15) is 0 Å². The van der Waals surface area contributed by atoms with Crippen LogP contribution in [0.2, 0.25) is 0 Å². The minimum Gasteiger partial charge on any atom is -0.493 e. The number of hydrogen-bond donors (Lipinski definition) is 1. The van der Waals surface area contributed by atoms with E-state index in [0.717, 1.165) is 44.7 Å². The lowest BCUT2D eigenvalue weighted by Gasteiger charge is -2.12. The molecule has 21 heavy (non-hydrogen) atoms. The molecule has 0 amide bonds. The molecule has 0 aliphatic heterocycles. The number of ether oxygens (including phenoxy) is 1. The highest BCUT2D eigenvalue weighted by Crippen LogP contribution is 2.18. The summed E-state index contributed by atoms with van der Waals surface area (Å²) in [5, 5.41) is 3.43. The van der Waals surface area contributed by atoms with Crippen LogP contribution in [0.1, 0.15) is 30.9 Å². The Morgan fingerprint density at radius 2 is 1.71 bits per heavy atom. The van der Waals surface area contributed by atoms with Crippen molar-refractivity contribution in [1.82, 2.24) is 5.32 Å². The Morgan fingerprint density at radius 1 is 0.952 bits per heavy atom. The van der Waals surface area contributed by atoms with Crippen LogP contribution < -0.4 is 10.1 Å². The van der Waals surface area contributed by atoms with Gasteiger partial charge in [-0.1, -0.05) is 55.5 Å². The minimum atomic E-state index is 0.764. The van der Waals surface area contributed by atoms with Gasteiger partial charge in [0.15, 0.2) is 0 Å². The summed E-state index contributed by atoms with van der Waals surface area (Å²) in [6, 6.07) is 18.9. The van der Waals surface area contributed by atoms with E-state index >= 15 is 0 Å². The van der Waals surface area contributed by atoms with Gasteiger partial charge in [-0.25, -0.2) is 0 Å². The second-order valence-corrected chi connectivity index (χ2v) is 5.22. The van der Waals surface area contributed by atoms with Crippen molar-refractivity contribution in [3.05, 3.63) is 65.7 Å². The molecule has 112 valence electrons. The van der Waals surface area contributed by atoms with Gasteiger partial charge < -0.3 is 10.1 Å². The van der Waals surface area contributed by atoms with Gasteiger partial charge in [0.25, 0.3) is 0 Å². The molecule has 0 aromatic heterocycles. The molecule has 1 N–H and O–H groups in total. The predicted octanol–water partition coefficient (Wildman–Crippen LogP) is 4.20. The molecular formula is C19H25NO. The van der Waals surface area contributed by atoms with Crippen molar-refractivity contribution in [2.24, 2.45) is 0 Å². The van der Waals surface area contributed by atoms with Gasteiger partial charge in [-0.3, -0.25) is 0 Å². The molecule has 2 aromatic rings. The third kappa shape index (κ3) is 5.60. The quantitative estimate of drug-likeness (QED) is 0.696. The first-order chi connectivity index (χ1) is 10.4. The largest absolute Gasteiger partial charge is 0.493 e. The highest BCUT2D eigenvalue weighted by atomic mass is 16.5. The SMILES string of the molecule is CCCNCc1ccccc1OCCCc1ccccc1. The molecule has 2 aromatic carbocycles. The van der Waals surface area contributed by atoms with E-state index in [1.165, 1.54) is 11.1 Å². The van der Waals surface area contributed by atoms with Gasteiger partial charge in [-0.05, 0) is 37.4 Å². The van der Waals surface area contributed by atoms with Crippen molar-refractivity contribution in [3.63, 3.8) is 0 Å². The van der Waals surface area contributed by atoms with E-state index in [-0.39, 0.29) is 0 Å². The van der Waals surface area contributed by atoms with Crippen LogP contribution in [0.4, 0.5) is 0 Å². The van der Waals surface area contributed by atoms with Crippen molar-refractivity contribution in [2.75, 3.05) is 13.2 Å². The van der Waals surface area contributed by atoms with Crippen LogP contribution in [0, 0.1) is 0 Å². The highest BCUT2D eigenvalue weighted by Gasteiger charge is 2.02. The Kier molecular flexibility index (Phi) is 6.82. The lowest BCUT2D eigenvalue weighted by Crippen LogP contribution is -2.14. The van der Waals surface area contributed by atoms with Crippen LogP contribution in [0.25, 0.3) is 0 Å². The summed E-state index contributed by atoms with van der Waals surface area (Å²) in [6.07, 6.45) is 3.26. The van der Waals surface area contributed by atoms with Crippen LogP contribution in [-0.2, 0) is 13.0 Å². The number of hydrogen-bond acceptors (Lipinski definition) is 2. The average Bonchev–Trinajstić information content (AvgIpc) is 2.54. The van der Waals surface area contributed by atoms with Crippen LogP contribution in [0.5, 0.6) is 5.75 Å². The van der Waals surface area contributed by atoms with Gasteiger partial charge in [0.2, 0.25) is 0 Å². The average molecular weight is 283 g/mol. The second kappa shape index (κ2) is 9.19. The fourth-order valence-corrected chi connectivity index (χ4v) is 2.29. The fraction of sp³-hybridized carbons (Fsp3) is 0.368. The lowest BCUT2D eigenvalue weighted by molar-refractivity contribution is 0.307. The van der Waals surface area contributed by atoms with Crippen molar-refractivity contribution in [1.29, 1.82) is 0 Å². The molecule has 0 aliphatic rings. The molecule has 2 heteroatoms. The summed E-state index contributed by atoms with van der Waals surface area (Å²) in [7, 11) is 0. The molecule has 0 bridgehead atoms.